The highest BCUT2D eigenvalue weighted by molar-refractivity contribution is 6.31. The fourth-order valence-electron chi connectivity index (χ4n) is 4.24. The van der Waals surface area contributed by atoms with E-state index < -0.39 is 17.9 Å². The number of aromatic amines is 1. The summed E-state index contributed by atoms with van der Waals surface area (Å²) in [6.45, 7) is 5.13. The summed E-state index contributed by atoms with van der Waals surface area (Å²) in [4.78, 5) is 30.2. The van der Waals surface area contributed by atoms with E-state index in [1.807, 2.05) is 13.8 Å². The first-order chi connectivity index (χ1) is 14.8. The van der Waals surface area contributed by atoms with Crippen molar-refractivity contribution in [1.82, 2.24) is 9.88 Å². The average molecular weight is 450 g/mol. The van der Waals surface area contributed by atoms with Crippen LogP contribution in [0.3, 0.4) is 0 Å². The number of rotatable bonds is 3. The van der Waals surface area contributed by atoms with E-state index in [0.29, 0.717) is 30.9 Å². The van der Waals surface area contributed by atoms with Crippen molar-refractivity contribution in [2.24, 2.45) is 5.92 Å². The van der Waals surface area contributed by atoms with Gasteiger partial charge in [0.2, 0.25) is 0 Å². The van der Waals surface area contributed by atoms with Crippen LogP contribution in [0.1, 0.15) is 48.4 Å². The summed E-state index contributed by atoms with van der Waals surface area (Å²) in [5.74, 6) is -0.408. The first-order valence-corrected chi connectivity index (χ1v) is 10.6. The largest absolute Gasteiger partial charge is 0.376 e. The number of urea groups is 1. The molecule has 1 aromatic carbocycles. The van der Waals surface area contributed by atoms with Gasteiger partial charge < -0.3 is 24.7 Å². The lowest BCUT2D eigenvalue weighted by atomic mass is 9.86. The summed E-state index contributed by atoms with van der Waals surface area (Å²) in [6.07, 6.45) is 0.339. The van der Waals surface area contributed by atoms with Crippen LogP contribution in [0.15, 0.2) is 23.0 Å². The Morgan fingerprint density at radius 2 is 2.13 bits per heavy atom. The summed E-state index contributed by atoms with van der Waals surface area (Å²) < 4.78 is 25.0. The van der Waals surface area contributed by atoms with Crippen molar-refractivity contribution in [3.63, 3.8) is 0 Å². The Labute approximate surface area is 184 Å². The van der Waals surface area contributed by atoms with Gasteiger partial charge in [0.1, 0.15) is 11.9 Å². The van der Waals surface area contributed by atoms with E-state index in [1.54, 1.807) is 11.9 Å². The van der Waals surface area contributed by atoms with E-state index >= 15 is 0 Å². The number of halogens is 2. The van der Waals surface area contributed by atoms with Crippen molar-refractivity contribution in [3.05, 3.63) is 61.8 Å². The molecule has 2 unspecified atom stereocenters. The maximum absolute atomic E-state index is 13.4. The van der Waals surface area contributed by atoms with Crippen molar-refractivity contribution in [2.75, 3.05) is 25.6 Å². The van der Waals surface area contributed by atoms with Crippen LogP contribution in [0.5, 0.6) is 0 Å². The number of pyridine rings is 1. The molecule has 1 aromatic heterocycles. The van der Waals surface area contributed by atoms with Gasteiger partial charge in [-0.15, -0.1) is 0 Å². The van der Waals surface area contributed by atoms with Crippen LogP contribution in [-0.2, 0) is 22.5 Å². The standard InChI is InChI=1S/C22H25ClFN3O4/c1-11(2)20-19-18(13-6-7-30-9-14(13)21(28)26-19)17(10-31-20)27(3)22(29)25-12-4-5-16(24)15(23)8-12/h4-5,8,11,17,20H,6-7,9-10H2,1-3H3,(H,25,29)(H,26,28). The number of ether oxygens (including phenoxy) is 2. The number of hydrogen-bond donors (Lipinski definition) is 2. The molecule has 2 amide bonds. The topological polar surface area (TPSA) is 83.7 Å². The van der Waals surface area contributed by atoms with E-state index in [2.05, 4.69) is 10.3 Å². The molecule has 0 spiro atoms. The van der Waals surface area contributed by atoms with Gasteiger partial charge in [0, 0.05) is 23.9 Å². The monoisotopic (exact) mass is 449 g/mol. The number of carbonyl (C=O) groups is 1. The van der Waals surface area contributed by atoms with Gasteiger partial charge in [0.25, 0.3) is 5.56 Å². The quantitative estimate of drug-likeness (QED) is 0.736. The number of likely N-dealkylation sites (N-methyl/N-ethyl adjacent to an activating group) is 1. The van der Waals surface area contributed by atoms with Crippen LogP contribution in [0, 0.1) is 11.7 Å². The lowest BCUT2D eigenvalue weighted by molar-refractivity contribution is -0.0252. The van der Waals surface area contributed by atoms with Gasteiger partial charge >= 0.3 is 6.03 Å². The molecule has 2 atom stereocenters. The smallest absolute Gasteiger partial charge is 0.322 e. The average Bonchev–Trinajstić information content (AvgIpc) is 2.75. The van der Waals surface area contributed by atoms with E-state index in [-0.39, 0.29) is 29.2 Å². The second-order valence-electron chi connectivity index (χ2n) is 8.22. The number of amides is 2. The number of H-pyrrole nitrogens is 1. The van der Waals surface area contributed by atoms with Crippen LogP contribution in [-0.4, -0.2) is 36.2 Å². The fourth-order valence-corrected chi connectivity index (χ4v) is 4.42. The minimum absolute atomic E-state index is 0.0711. The van der Waals surface area contributed by atoms with Crippen LogP contribution in [0.25, 0.3) is 0 Å². The zero-order valence-electron chi connectivity index (χ0n) is 17.6. The summed E-state index contributed by atoms with van der Waals surface area (Å²) in [7, 11) is 1.67. The first-order valence-electron chi connectivity index (χ1n) is 10.2. The van der Waals surface area contributed by atoms with E-state index in [1.165, 1.54) is 18.2 Å². The van der Waals surface area contributed by atoms with Gasteiger partial charge in [-0.1, -0.05) is 25.4 Å². The van der Waals surface area contributed by atoms with Crippen molar-refractivity contribution in [2.45, 2.75) is 39.0 Å². The molecular formula is C22H25ClFN3O4. The van der Waals surface area contributed by atoms with Crippen LogP contribution in [0.2, 0.25) is 5.02 Å². The molecule has 0 saturated heterocycles. The third-order valence-electron chi connectivity index (χ3n) is 5.86. The number of anilines is 1. The van der Waals surface area contributed by atoms with Gasteiger partial charge in [-0.2, -0.15) is 0 Å². The predicted molar refractivity (Wildman–Crippen MR) is 115 cm³/mol. The Bertz CT molecular complexity index is 1070. The fraction of sp³-hybridized carbons (Fsp3) is 0.455. The van der Waals surface area contributed by atoms with Crippen molar-refractivity contribution in [3.8, 4) is 0 Å². The molecule has 31 heavy (non-hydrogen) atoms. The van der Waals surface area contributed by atoms with Crippen molar-refractivity contribution < 1.29 is 18.7 Å². The Morgan fingerprint density at radius 1 is 1.35 bits per heavy atom. The molecule has 2 aliphatic rings. The Morgan fingerprint density at radius 3 is 2.84 bits per heavy atom. The second-order valence-corrected chi connectivity index (χ2v) is 8.63. The third-order valence-corrected chi connectivity index (χ3v) is 6.15. The summed E-state index contributed by atoms with van der Waals surface area (Å²) in [6, 6.07) is 3.22. The molecule has 2 aliphatic heterocycles. The number of carbonyl (C=O) groups excluding carboxylic acids is 1. The molecule has 4 rings (SSSR count). The van der Waals surface area contributed by atoms with Crippen LogP contribution < -0.4 is 10.9 Å². The molecule has 7 nitrogen and oxygen atoms in total. The lowest BCUT2D eigenvalue weighted by Gasteiger charge is -2.40. The zero-order chi connectivity index (χ0) is 22.3. The maximum Gasteiger partial charge on any atom is 0.322 e. The number of nitrogens with zero attached hydrogens (tertiary/aromatic N) is 1. The van der Waals surface area contributed by atoms with Gasteiger partial charge in [-0.25, -0.2) is 9.18 Å². The van der Waals surface area contributed by atoms with Crippen LogP contribution >= 0.6 is 11.6 Å². The molecule has 2 aromatic rings. The zero-order valence-corrected chi connectivity index (χ0v) is 18.4. The van der Waals surface area contributed by atoms with Gasteiger partial charge in [-0.05, 0) is 36.1 Å². The Kier molecular flexibility index (Phi) is 6.05. The predicted octanol–water partition coefficient (Wildman–Crippen LogP) is 4.17. The van der Waals surface area contributed by atoms with Crippen LogP contribution in [0.4, 0.5) is 14.9 Å². The van der Waals surface area contributed by atoms with E-state index in [0.717, 1.165) is 16.8 Å². The summed E-state index contributed by atoms with van der Waals surface area (Å²) in [5, 5.41) is 2.68. The summed E-state index contributed by atoms with van der Waals surface area (Å²) >= 11 is 5.83. The molecule has 2 N–H and O–H groups in total. The molecule has 0 aliphatic carbocycles. The van der Waals surface area contributed by atoms with Gasteiger partial charge in [-0.3, -0.25) is 4.79 Å². The number of aromatic nitrogens is 1. The number of hydrogen-bond acceptors (Lipinski definition) is 4. The minimum atomic E-state index is -0.555. The molecule has 0 fully saturated rings. The molecule has 9 heteroatoms. The molecular weight excluding hydrogens is 425 g/mol. The van der Waals surface area contributed by atoms with E-state index in [9.17, 15) is 14.0 Å². The highest BCUT2D eigenvalue weighted by Crippen LogP contribution is 2.40. The lowest BCUT2D eigenvalue weighted by Crippen LogP contribution is -2.43. The van der Waals surface area contributed by atoms with Crippen molar-refractivity contribution >= 4 is 23.3 Å². The third kappa shape index (κ3) is 4.07. The van der Waals surface area contributed by atoms with Gasteiger partial charge in [0.15, 0.2) is 0 Å². The number of benzene rings is 1. The summed E-state index contributed by atoms with van der Waals surface area (Å²) in [5.41, 5.74) is 3.42. The highest BCUT2D eigenvalue weighted by atomic mass is 35.5. The highest BCUT2D eigenvalue weighted by Gasteiger charge is 2.38. The van der Waals surface area contributed by atoms with Crippen molar-refractivity contribution in [1.29, 1.82) is 0 Å². The molecule has 0 radical (unpaired) electrons. The first kappa shape index (κ1) is 21.8. The normalized spacial score (nSPS) is 20.2. The molecule has 0 saturated carbocycles. The number of fused-ring (bicyclic) bond motifs is 3. The minimum Gasteiger partial charge on any atom is -0.376 e. The molecule has 0 bridgehead atoms. The molecule has 166 valence electrons. The Balaban J connectivity index is 1.70. The number of nitrogens with one attached hydrogen (secondary N) is 2. The second kappa shape index (κ2) is 8.61. The maximum atomic E-state index is 13.4. The Hall–Kier alpha value is -2.42. The van der Waals surface area contributed by atoms with E-state index in [4.69, 9.17) is 21.1 Å². The molecule has 3 heterocycles. The van der Waals surface area contributed by atoms with Gasteiger partial charge in [0.05, 0.1) is 36.6 Å². The SMILES string of the molecule is CC(C)C1OCC(N(C)C(=O)Nc2ccc(F)c(Cl)c2)c2c1[nH]c(=O)c1c2CCOC1.